The number of carbonyl (C=O) groups excluding carboxylic acids is 1. The molecule has 1 amide bonds. The van der Waals surface area contributed by atoms with Gasteiger partial charge in [-0.15, -0.1) is 0 Å². The maximum Gasteiger partial charge on any atom is 0.236 e. The number of nitrogens with two attached hydrogens (primary N) is 2. The van der Waals surface area contributed by atoms with E-state index in [0.717, 1.165) is 18.7 Å². The number of benzene rings is 1. The molecule has 0 fully saturated rings. The van der Waals surface area contributed by atoms with Crippen molar-refractivity contribution in [1.29, 1.82) is 0 Å². The SMILES string of the molecule is NCCCN(CC(N)=O)c1ccccc1. The minimum atomic E-state index is -0.323. The molecule has 1 aromatic carbocycles. The number of hydrogen-bond acceptors (Lipinski definition) is 3. The molecule has 4 nitrogen and oxygen atoms in total. The van der Waals surface area contributed by atoms with Gasteiger partial charge in [0.05, 0.1) is 6.54 Å². The standard InChI is InChI=1S/C11H17N3O/c12-7-4-8-14(9-11(13)15)10-5-2-1-3-6-10/h1-3,5-6H,4,7-9,12H2,(H2,13,15). The first kappa shape index (κ1) is 11.5. The second-order valence-electron chi connectivity index (χ2n) is 3.37. The van der Waals surface area contributed by atoms with Gasteiger partial charge in [0, 0.05) is 12.2 Å². The summed E-state index contributed by atoms with van der Waals surface area (Å²) in [5.41, 5.74) is 11.6. The van der Waals surface area contributed by atoms with Crippen LogP contribution in [0.25, 0.3) is 0 Å². The predicted octanol–water partition coefficient (Wildman–Crippen LogP) is 0.327. The number of carbonyl (C=O) groups is 1. The Hall–Kier alpha value is -1.55. The highest BCUT2D eigenvalue weighted by molar-refractivity contribution is 5.79. The van der Waals surface area contributed by atoms with Crippen LogP contribution in [0.3, 0.4) is 0 Å². The van der Waals surface area contributed by atoms with Gasteiger partial charge in [0.2, 0.25) is 5.91 Å². The molecule has 4 N–H and O–H groups in total. The highest BCUT2D eigenvalue weighted by atomic mass is 16.1. The largest absolute Gasteiger partial charge is 0.368 e. The van der Waals surface area contributed by atoms with Gasteiger partial charge in [0.15, 0.2) is 0 Å². The van der Waals surface area contributed by atoms with Crippen LogP contribution >= 0.6 is 0 Å². The summed E-state index contributed by atoms with van der Waals surface area (Å²) in [7, 11) is 0. The van der Waals surface area contributed by atoms with Crippen molar-refractivity contribution < 1.29 is 4.79 Å². The van der Waals surface area contributed by atoms with E-state index < -0.39 is 0 Å². The molecule has 0 unspecified atom stereocenters. The summed E-state index contributed by atoms with van der Waals surface area (Å²) in [5.74, 6) is -0.323. The summed E-state index contributed by atoms with van der Waals surface area (Å²) >= 11 is 0. The smallest absolute Gasteiger partial charge is 0.236 e. The van der Waals surface area contributed by atoms with E-state index in [1.165, 1.54) is 0 Å². The number of nitrogens with zero attached hydrogens (tertiary/aromatic N) is 1. The van der Waals surface area contributed by atoms with Gasteiger partial charge in [-0.1, -0.05) is 18.2 Å². The molecule has 0 aliphatic rings. The first-order valence-corrected chi connectivity index (χ1v) is 5.02. The summed E-state index contributed by atoms with van der Waals surface area (Å²) in [6.07, 6.45) is 0.849. The Morgan fingerprint density at radius 1 is 1.27 bits per heavy atom. The van der Waals surface area contributed by atoms with Crippen LogP contribution in [0.4, 0.5) is 5.69 Å². The Balaban J connectivity index is 2.67. The molecule has 0 saturated carbocycles. The zero-order chi connectivity index (χ0) is 11.1. The van der Waals surface area contributed by atoms with Gasteiger partial charge in [-0.3, -0.25) is 4.79 Å². The van der Waals surface area contributed by atoms with Crippen LogP contribution in [0.5, 0.6) is 0 Å². The van der Waals surface area contributed by atoms with Crippen molar-refractivity contribution in [3.63, 3.8) is 0 Å². The van der Waals surface area contributed by atoms with Gasteiger partial charge in [-0.05, 0) is 25.1 Å². The van der Waals surface area contributed by atoms with Crippen molar-refractivity contribution in [2.75, 3.05) is 24.5 Å². The number of para-hydroxylation sites is 1. The lowest BCUT2D eigenvalue weighted by molar-refractivity contribution is -0.116. The van der Waals surface area contributed by atoms with E-state index >= 15 is 0 Å². The van der Waals surface area contributed by atoms with Gasteiger partial charge >= 0.3 is 0 Å². The molecule has 0 bridgehead atoms. The lowest BCUT2D eigenvalue weighted by Crippen LogP contribution is -2.35. The third-order valence-corrected chi connectivity index (χ3v) is 2.10. The monoisotopic (exact) mass is 207 g/mol. The second-order valence-corrected chi connectivity index (χ2v) is 3.37. The molecule has 0 aliphatic carbocycles. The summed E-state index contributed by atoms with van der Waals surface area (Å²) in [6, 6.07) is 9.73. The molecule has 15 heavy (non-hydrogen) atoms. The fourth-order valence-electron chi connectivity index (χ4n) is 1.41. The summed E-state index contributed by atoms with van der Waals surface area (Å²) in [5, 5.41) is 0. The Bertz CT molecular complexity index is 300. The maximum absolute atomic E-state index is 10.9. The fraction of sp³-hybridized carbons (Fsp3) is 0.364. The molecule has 0 aromatic heterocycles. The number of rotatable bonds is 6. The number of anilines is 1. The fourth-order valence-corrected chi connectivity index (χ4v) is 1.41. The molecule has 0 radical (unpaired) electrons. The van der Waals surface area contributed by atoms with Crippen LogP contribution in [0, 0.1) is 0 Å². The third kappa shape index (κ3) is 3.99. The van der Waals surface area contributed by atoms with Crippen molar-refractivity contribution in [1.82, 2.24) is 0 Å². The highest BCUT2D eigenvalue weighted by Crippen LogP contribution is 2.12. The zero-order valence-electron chi connectivity index (χ0n) is 8.73. The van der Waals surface area contributed by atoms with E-state index in [2.05, 4.69) is 0 Å². The van der Waals surface area contributed by atoms with E-state index in [-0.39, 0.29) is 12.5 Å². The lowest BCUT2D eigenvalue weighted by atomic mass is 10.2. The number of hydrogen-bond donors (Lipinski definition) is 2. The Morgan fingerprint density at radius 2 is 1.93 bits per heavy atom. The second kappa shape index (κ2) is 6.03. The summed E-state index contributed by atoms with van der Waals surface area (Å²) in [6.45, 7) is 1.61. The molecule has 0 saturated heterocycles. The van der Waals surface area contributed by atoms with Crippen molar-refractivity contribution in [3.05, 3.63) is 30.3 Å². The van der Waals surface area contributed by atoms with Crippen LogP contribution in [0.1, 0.15) is 6.42 Å². The van der Waals surface area contributed by atoms with E-state index in [4.69, 9.17) is 11.5 Å². The van der Waals surface area contributed by atoms with Crippen LogP contribution in [-0.4, -0.2) is 25.5 Å². The van der Waals surface area contributed by atoms with Gasteiger partial charge in [-0.25, -0.2) is 0 Å². The van der Waals surface area contributed by atoms with Crippen LogP contribution in [-0.2, 0) is 4.79 Å². The molecule has 0 spiro atoms. The minimum absolute atomic E-state index is 0.240. The lowest BCUT2D eigenvalue weighted by Gasteiger charge is -2.22. The van der Waals surface area contributed by atoms with E-state index in [9.17, 15) is 4.79 Å². The molecule has 82 valence electrons. The molecule has 0 atom stereocenters. The van der Waals surface area contributed by atoms with Gasteiger partial charge in [-0.2, -0.15) is 0 Å². The van der Waals surface area contributed by atoms with Crippen molar-refractivity contribution >= 4 is 11.6 Å². The van der Waals surface area contributed by atoms with E-state index in [0.29, 0.717) is 6.54 Å². The highest BCUT2D eigenvalue weighted by Gasteiger charge is 2.07. The Morgan fingerprint density at radius 3 is 2.47 bits per heavy atom. The first-order valence-electron chi connectivity index (χ1n) is 5.02. The number of amides is 1. The molecular weight excluding hydrogens is 190 g/mol. The van der Waals surface area contributed by atoms with E-state index in [1.54, 1.807) is 0 Å². The van der Waals surface area contributed by atoms with Gasteiger partial charge in [0.1, 0.15) is 0 Å². The molecular formula is C11H17N3O. The zero-order valence-corrected chi connectivity index (χ0v) is 8.73. The minimum Gasteiger partial charge on any atom is -0.368 e. The molecule has 1 rings (SSSR count). The van der Waals surface area contributed by atoms with E-state index in [1.807, 2.05) is 35.2 Å². The summed E-state index contributed by atoms with van der Waals surface area (Å²) < 4.78 is 0. The topological polar surface area (TPSA) is 72.3 Å². The van der Waals surface area contributed by atoms with Gasteiger partial charge < -0.3 is 16.4 Å². The molecule has 0 heterocycles. The molecule has 1 aromatic rings. The van der Waals surface area contributed by atoms with Crippen molar-refractivity contribution in [2.45, 2.75) is 6.42 Å². The molecule has 0 aliphatic heterocycles. The average Bonchev–Trinajstić information content (AvgIpc) is 2.25. The first-order chi connectivity index (χ1) is 7.24. The number of primary amides is 1. The quantitative estimate of drug-likeness (QED) is 0.706. The Kier molecular flexibility index (Phi) is 4.63. The average molecular weight is 207 g/mol. The predicted molar refractivity (Wildman–Crippen MR) is 61.5 cm³/mol. The summed E-state index contributed by atoms with van der Waals surface area (Å²) in [4.78, 5) is 12.8. The molecule has 4 heteroatoms. The third-order valence-electron chi connectivity index (χ3n) is 2.10. The Labute approximate surface area is 89.9 Å². The normalized spacial score (nSPS) is 9.93. The van der Waals surface area contributed by atoms with Crippen molar-refractivity contribution in [3.8, 4) is 0 Å². The van der Waals surface area contributed by atoms with Crippen LogP contribution < -0.4 is 16.4 Å². The maximum atomic E-state index is 10.9. The van der Waals surface area contributed by atoms with Gasteiger partial charge in [0.25, 0.3) is 0 Å². The van der Waals surface area contributed by atoms with Crippen LogP contribution in [0.15, 0.2) is 30.3 Å². The van der Waals surface area contributed by atoms with Crippen LogP contribution in [0.2, 0.25) is 0 Å². The van der Waals surface area contributed by atoms with Crippen molar-refractivity contribution in [2.24, 2.45) is 11.5 Å².